The van der Waals surface area contributed by atoms with Crippen LogP contribution in [0.5, 0.6) is 0 Å². The van der Waals surface area contributed by atoms with Gasteiger partial charge < -0.3 is 9.64 Å². The molecule has 1 aliphatic carbocycles. The number of aryl methyl sites for hydroxylation is 1. The molecule has 2 aromatic rings. The Morgan fingerprint density at radius 2 is 1.89 bits per heavy atom. The molecule has 4 nitrogen and oxygen atoms in total. The second-order valence-corrected chi connectivity index (χ2v) is 8.14. The van der Waals surface area contributed by atoms with Gasteiger partial charge in [0.15, 0.2) is 0 Å². The molecule has 1 amide bonds. The summed E-state index contributed by atoms with van der Waals surface area (Å²) in [6.45, 7) is 0. The summed E-state index contributed by atoms with van der Waals surface area (Å²) in [6, 6.07) is 16.4. The molecule has 0 aromatic heterocycles. The first kappa shape index (κ1) is 18.1. The molecule has 0 saturated heterocycles. The van der Waals surface area contributed by atoms with Gasteiger partial charge in [-0.1, -0.05) is 42.5 Å². The van der Waals surface area contributed by atoms with Gasteiger partial charge in [-0.2, -0.15) is 0 Å². The van der Waals surface area contributed by atoms with E-state index >= 15 is 0 Å². The van der Waals surface area contributed by atoms with Gasteiger partial charge in [-0.15, -0.1) is 11.8 Å². The Balaban J connectivity index is 1.66. The zero-order chi connectivity index (χ0) is 18.8. The number of carbonyl (C=O) groups excluding carboxylic acids is 2. The van der Waals surface area contributed by atoms with Crippen molar-refractivity contribution in [3.63, 3.8) is 0 Å². The number of thioether (sulfide) groups is 1. The Morgan fingerprint density at radius 3 is 2.70 bits per heavy atom. The summed E-state index contributed by atoms with van der Waals surface area (Å²) in [5, 5.41) is -0.0606. The lowest BCUT2D eigenvalue weighted by atomic mass is 9.87. The summed E-state index contributed by atoms with van der Waals surface area (Å²) in [5.74, 6) is 0.515. The second kappa shape index (κ2) is 7.77. The molecule has 0 radical (unpaired) electrons. The smallest absolute Gasteiger partial charge is 0.306 e. The van der Waals surface area contributed by atoms with Crippen molar-refractivity contribution in [1.82, 2.24) is 4.90 Å². The number of esters is 1. The lowest BCUT2D eigenvalue weighted by Crippen LogP contribution is -2.33. The molecule has 1 aliphatic heterocycles. The van der Waals surface area contributed by atoms with Crippen LogP contribution in [-0.4, -0.2) is 29.6 Å². The van der Waals surface area contributed by atoms with Gasteiger partial charge in [0, 0.05) is 11.3 Å². The maximum absolute atomic E-state index is 13.3. The minimum Gasteiger partial charge on any atom is -0.469 e. The predicted octanol–water partition coefficient (Wildman–Crippen LogP) is 4.51. The van der Waals surface area contributed by atoms with E-state index in [-0.39, 0.29) is 23.3 Å². The number of hydrogen-bond donors (Lipinski definition) is 0. The van der Waals surface area contributed by atoms with Crippen LogP contribution in [0.15, 0.2) is 48.5 Å². The molecule has 140 valence electrons. The van der Waals surface area contributed by atoms with Crippen LogP contribution in [0.2, 0.25) is 0 Å². The maximum atomic E-state index is 13.3. The Bertz CT molecular complexity index is 866. The van der Waals surface area contributed by atoms with Crippen LogP contribution in [-0.2, 0) is 16.0 Å². The average Bonchev–Trinajstić information content (AvgIpc) is 2.99. The minimum atomic E-state index is -0.213. The first-order chi connectivity index (χ1) is 13.2. The third-order valence-electron chi connectivity index (χ3n) is 5.43. The normalized spacial score (nSPS) is 20.9. The van der Waals surface area contributed by atoms with Crippen molar-refractivity contribution in [2.75, 3.05) is 12.9 Å². The summed E-state index contributed by atoms with van der Waals surface area (Å²) in [5.41, 5.74) is 4.45. The lowest BCUT2D eigenvalue weighted by Gasteiger charge is -2.37. The molecule has 1 heterocycles. The second-order valence-electron chi connectivity index (χ2n) is 6.96. The van der Waals surface area contributed by atoms with Crippen LogP contribution in [0.3, 0.4) is 0 Å². The number of nitrogens with zero attached hydrogens (tertiary/aromatic N) is 1. The van der Waals surface area contributed by atoms with Crippen molar-refractivity contribution in [3.8, 4) is 0 Å². The number of ether oxygens (including phenoxy) is 1. The highest BCUT2D eigenvalue weighted by molar-refractivity contribution is 7.99. The highest BCUT2D eigenvalue weighted by Gasteiger charge is 2.42. The van der Waals surface area contributed by atoms with Crippen molar-refractivity contribution in [3.05, 3.63) is 70.8 Å². The first-order valence-electron chi connectivity index (χ1n) is 9.38. The number of amides is 1. The van der Waals surface area contributed by atoms with E-state index in [1.54, 1.807) is 11.8 Å². The van der Waals surface area contributed by atoms with E-state index in [0.29, 0.717) is 12.2 Å². The van der Waals surface area contributed by atoms with E-state index < -0.39 is 0 Å². The highest BCUT2D eigenvalue weighted by Crippen LogP contribution is 2.48. The van der Waals surface area contributed by atoms with Gasteiger partial charge in [0.2, 0.25) is 0 Å². The standard InChI is InChI=1S/C22H23NO3S/c1-26-20(24)13-14-27-22-18-11-5-4-10-17(18)21(25)23(22)19-12-6-8-15-7-2-3-9-16(15)19/h2-5,7,9-11,19,22H,6,8,12-14H2,1H3/t19-,22-/m0/s1. The van der Waals surface area contributed by atoms with Gasteiger partial charge in [-0.25, -0.2) is 0 Å². The first-order valence-corrected chi connectivity index (χ1v) is 10.4. The molecule has 0 unspecified atom stereocenters. The van der Waals surface area contributed by atoms with Gasteiger partial charge in [-0.3, -0.25) is 9.59 Å². The molecule has 0 N–H and O–H groups in total. The van der Waals surface area contributed by atoms with Crippen LogP contribution < -0.4 is 0 Å². The van der Waals surface area contributed by atoms with Crippen molar-refractivity contribution in [2.24, 2.45) is 0 Å². The predicted molar refractivity (Wildman–Crippen MR) is 107 cm³/mol. The molecule has 0 fully saturated rings. The molecule has 0 spiro atoms. The lowest BCUT2D eigenvalue weighted by molar-refractivity contribution is -0.140. The van der Waals surface area contributed by atoms with E-state index in [4.69, 9.17) is 4.74 Å². The van der Waals surface area contributed by atoms with Crippen LogP contribution in [0.25, 0.3) is 0 Å². The number of fused-ring (bicyclic) bond motifs is 2. The molecular weight excluding hydrogens is 358 g/mol. The molecule has 2 aromatic carbocycles. The summed E-state index contributed by atoms with van der Waals surface area (Å²) >= 11 is 1.65. The minimum absolute atomic E-state index is 0.0606. The molecular formula is C22H23NO3S. The van der Waals surface area contributed by atoms with Crippen molar-refractivity contribution in [1.29, 1.82) is 0 Å². The van der Waals surface area contributed by atoms with Crippen LogP contribution in [0, 0.1) is 0 Å². The summed E-state index contributed by atoms with van der Waals surface area (Å²) in [6.07, 6.45) is 3.48. The number of rotatable bonds is 5. The number of hydrogen-bond acceptors (Lipinski definition) is 4. The van der Waals surface area contributed by atoms with Gasteiger partial charge in [0.25, 0.3) is 5.91 Å². The highest BCUT2D eigenvalue weighted by atomic mass is 32.2. The fourth-order valence-corrected chi connectivity index (χ4v) is 5.45. The Kier molecular flexibility index (Phi) is 5.21. The molecule has 27 heavy (non-hydrogen) atoms. The molecule has 2 atom stereocenters. The van der Waals surface area contributed by atoms with E-state index in [9.17, 15) is 9.59 Å². The fourth-order valence-electron chi connectivity index (χ4n) is 4.15. The number of methoxy groups -OCH3 is 1. The molecule has 4 rings (SSSR count). The average molecular weight is 381 g/mol. The third kappa shape index (κ3) is 3.36. The van der Waals surface area contributed by atoms with Crippen molar-refractivity contribution < 1.29 is 14.3 Å². The third-order valence-corrected chi connectivity index (χ3v) is 6.66. The van der Waals surface area contributed by atoms with E-state index in [1.165, 1.54) is 18.2 Å². The van der Waals surface area contributed by atoms with Gasteiger partial charge in [0.05, 0.1) is 19.6 Å². The molecule has 0 bridgehead atoms. The van der Waals surface area contributed by atoms with Gasteiger partial charge in [-0.05, 0) is 42.0 Å². The summed E-state index contributed by atoms with van der Waals surface area (Å²) in [7, 11) is 1.41. The Labute approximate surface area is 163 Å². The number of benzene rings is 2. The van der Waals surface area contributed by atoms with E-state index in [0.717, 1.165) is 30.4 Å². The zero-order valence-corrected chi connectivity index (χ0v) is 16.2. The van der Waals surface area contributed by atoms with Crippen LogP contribution >= 0.6 is 11.8 Å². The quantitative estimate of drug-likeness (QED) is 0.715. The van der Waals surface area contributed by atoms with Crippen molar-refractivity contribution in [2.45, 2.75) is 37.1 Å². The fraction of sp³-hybridized carbons (Fsp3) is 0.364. The summed E-state index contributed by atoms with van der Waals surface area (Å²) < 4.78 is 4.76. The molecule has 2 aliphatic rings. The van der Waals surface area contributed by atoms with E-state index in [2.05, 4.69) is 24.3 Å². The van der Waals surface area contributed by atoms with E-state index in [1.807, 2.05) is 29.2 Å². The SMILES string of the molecule is COC(=O)CCS[C@H]1c2ccccc2C(=O)N1[C@H]1CCCc2ccccc21. The summed E-state index contributed by atoms with van der Waals surface area (Å²) in [4.78, 5) is 26.9. The van der Waals surface area contributed by atoms with Gasteiger partial charge in [0.1, 0.15) is 5.37 Å². The number of carbonyl (C=O) groups is 2. The Morgan fingerprint density at radius 1 is 1.15 bits per heavy atom. The zero-order valence-electron chi connectivity index (χ0n) is 15.4. The van der Waals surface area contributed by atoms with Crippen molar-refractivity contribution >= 4 is 23.6 Å². The van der Waals surface area contributed by atoms with Gasteiger partial charge >= 0.3 is 5.97 Å². The van der Waals surface area contributed by atoms with Crippen LogP contribution in [0.1, 0.15) is 57.7 Å². The van der Waals surface area contributed by atoms with Crippen LogP contribution in [0.4, 0.5) is 0 Å². The molecule has 5 heteroatoms. The Hall–Kier alpha value is -2.27. The molecule has 0 saturated carbocycles. The topological polar surface area (TPSA) is 46.6 Å². The largest absolute Gasteiger partial charge is 0.469 e. The maximum Gasteiger partial charge on any atom is 0.306 e. The monoisotopic (exact) mass is 381 g/mol.